The van der Waals surface area contributed by atoms with Crippen molar-refractivity contribution in [2.75, 3.05) is 32.5 Å². The number of methoxy groups -OCH3 is 1. The Morgan fingerprint density at radius 2 is 1.92 bits per heavy atom. The van der Waals surface area contributed by atoms with Gasteiger partial charge in [0.1, 0.15) is 0 Å². The number of aromatic amines is 1. The molecule has 0 radical (unpaired) electrons. The highest BCUT2D eigenvalue weighted by Gasteiger charge is 2.14. The molecule has 0 spiro atoms. The average Bonchev–Trinajstić information content (AvgIpc) is 3.03. The molecule has 0 unspecified atom stereocenters. The minimum atomic E-state index is 0.0145. The van der Waals surface area contributed by atoms with Crippen molar-refractivity contribution in [1.82, 2.24) is 15.1 Å². The molecule has 2 aromatic carbocycles. The molecule has 0 aliphatic carbocycles. The van der Waals surface area contributed by atoms with Crippen LogP contribution in [-0.2, 0) is 4.74 Å². The van der Waals surface area contributed by atoms with Crippen molar-refractivity contribution in [3.8, 4) is 11.1 Å². The Labute approximate surface area is 146 Å². The number of ether oxygens (including phenoxy) is 1. The van der Waals surface area contributed by atoms with E-state index < -0.39 is 0 Å². The number of nitrogen functional groups attached to an aromatic ring is 1. The highest BCUT2D eigenvalue weighted by atomic mass is 16.5. The first-order chi connectivity index (χ1) is 12.1. The van der Waals surface area contributed by atoms with Crippen LogP contribution >= 0.6 is 0 Å². The summed E-state index contributed by atoms with van der Waals surface area (Å²) >= 11 is 0. The summed E-state index contributed by atoms with van der Waals surface area (Å²) < 4.78 is 5.06. The summed E-state index contributed by atoms with van der Waals surface area (Å²) in [7, 11) is 1.64. The monoisotopic (exact) mass is 338 g/mol. The van der Waals surface area contributed by atoms with Gasteiger partial charge in [-0.1, -0.05) is 18.2 Å². The molecule has 3 rings (SSSR count). The van der Waals surface area contributed by atoms with Crippen molar-refractivity contribution in [3.05, 3.63) is 48.0 Å². The quantitative estimate of drug-likeness (QED) is 0.724. The van der Waals surface area contributed by atoms with Crippen molar-refractivity contribution < 1.29 is 9.53 Å². The van der Waals surface area contributed by atoms with Gasteiger partial charge in [0, 0.05) is 31.1 Å². The van der Waals surface area contributed by atoms with E-state index >= 15 is 0 Å². The van der Waals surface area contributed by atoms with Gasteiger partial charge in [0.2, 0.25) is 0 Å². The van der Waals surface area contributed by atoms with Crippen LogP contribution in [-0.4, -0.2) is 47.8 Å². The number of hydrogen-bond donors (Lipinski definition) is 2. The number of nitrogens with zero attached hydrogens (tertiary/aromatic N) is 2. The van der Waals surface area contributed by atoms with Gasteiger partial charge in [-0.25, -0.2) is 0 Å². The van der Waals surface area contributed by atoms with E-state index in [2.05, 4.69) is 10.2 Å². The second-order valence-electron chi connectivity index (χ2n) is 5.82. The van der Waals surface area contributed by atoms with Crippen LogP contribution in [0.5, 0.6) is 0 Å². The van der Waals surface area contributed by atoms with Gasteiger partial charge in [0.15, 0.2) is 5.82 Å². The number of anilines is 1. The number of hydrogen-bond acceptors (Lipinski definition) is 4. The van der Waals surface area contributed by atoms with E-state index in [-0.39, 0.29) is 5.91 Å². The van der Waals surface area contributed by atoms with Crippen LogP contribution in [0.25, 0.3) is 22.0 Å². The topological polar surface area (TPSA) is 84.2 Å². The fourth-order valence-corrected chi connectivity index (χ4v) is 2.81. The summed E-state index contributed by atoms with van der Waals surface area (Å²) in [6, 6.07) is 13.6. The average molecular weight is 338 g/mol. The van der Waals surface area contributed by atoms with E-state index in [0.717, 1.165) is 22.0 Å². The fourth-order valence-electron chi connectivity index (χ4n) is 2.81. The Morgan fingerprint density at radius 1 is 1.20 bits per heavy atom. The van der Waals surface area contributed by atoms with E-state index in [4.69, 9.17) is 10.5 Å². The number of aromatic nitrogens is 2. The normalized spacial score (nSPS) is 11.0. The maximum atomic E-state index is 12.6. The Balaban J connectivity index is 1.83. The van der Waals surface area contributed by atoms with Gasteiger partial charge in [-0.05, 0) is 42.3 Å². The number of benzene rings is 2. The molecule has 3 N–H and O–H groups in total. The number of fused-ring (bicyclic) bond motifs is 1. The van der Waals surface area contributed by atoms with E-state index in [1.807, 2.05) is 49.4 Å². The molecule has 6 nitrogen and oxygen atoms in total. The molecule has 0 bridgehead atoms. The molecule has 25 heavy (non-hydrogen) atoms. The van der Waals surface area contributed by atoms with Crippen LogP contribution in [0, 0.1) is 0 Å². The second kappa shape index (κ2) is 7.36. The molecule has 0 saturated heterocycles. The lowest BCUT2D eigenvalue weighted by Gasteiger charge is -2.20. The first-order valence-electron chi connectivity index (χ1n) is 8.26. The summed E-state index contributed by atoms with van der Waals surface area (Å²) in [6.07, 6.45) is 0. The van der Waals surface area contributed by atoms with Crippen LogP contribution in [0.2, 0.25) is 0 Å². The molecule has 1 amide bonds. The Hall–Kier alpha value is -2.86. The van der Waals surface area contributed by atoms with Gasteiger partial charge < -0.3 is 15.4 Å². The zero-order chi connectivity index (χ0) is 17.8. The molecule has 1 heterocycles. The minimum absolute atomic E-state index is 0.0145. The Bertz CT molecular complexity index is 871. The fraction of sp³-hybridized carbons (Fsp3) is 0.263. The smallest absolute Gasteiger partial charge is 0.253 e. The van der Waals surface area contributed by atoms with Crippen molar-refractivity contribution in [2.45, 2.75) is 6.92 Å². The van der Waals surface area contributed by atoms with Crippen LogP contribution in [0.3, 0.4) is 0 Å². The molecule has 6 heteroatoms. The highest BCUT2D eigenvalue weighted by Crippen LogP contribution is 2.26. The largest absolute Gasteiger partial charge is 0.383 e. The molecule has 3 aromatic rings. The number of amides is 1. The van der Waals surface area contributed by atoms with E-state index in [1.54, 1.807) is 12.0 Å². The van der Waals surface area contributed by atoms with E-state index in [0.29, 0.717) is 31.1 Å². The Kier molecular flexibility index (Phi) is 5.00. The zero-order valence-corrected chi connectivity index (χ0v) is 14.5. The Morgan fingerprint density at radius 3 is 2.60 bits per heavy atom. The van der Waals surface area contributed by atoms with Gasteiger partial charge >= 0.3 is 0 Å². The number of carbonyl (C=O) groups is 1. The van der Waals surface area contributed by atoms with Gasteiger partial charge in [-0.2, -0.15) is 5.10 Å². The van der Waals surface area contributed by atoms with E-state index in [1.165, 1.54) is 0 Å². The highest BCUT2D eigenvalue weighted by molar-refractivity contribution is 5.95. The van der Waals surface area contributed by atoms with Gasteiger partial charge in [0.25, 0.3) is 5.91 Å². The maximum absolute atomic E-state index is 12.6. The lowest BCUT2D eigenvalue weighted by atomic mass is 10.0. The van der Waals surface area contributed by atoms with Crippen LogP contribution in [0.1, 0.15) is 17.3 Å². The molecule has 0 fully saturated rings. The maximum Gasteiger partial charge on any atom is 0.253 e. The van der Waals surface area contributed by atoms with Crippen molar-refractivity contribution in [2.24, 2.45) is 0 Å². The van der Waals surface area contributed by atoms with Gasteiger partial charge in [-0.15, -0.1) is 0 Å². The van der Waals surface area contributed by atoms with Crippen LogP contribution in [0.15, 0.2) is 42.5 Å². The number of rotatable bonds is 6. The predicted molar refractivity (Wildman–Crippen MR) is 99.4 cm³/mol. The van der Waals surface area contributed by atoms with E-state index in [9.17, 15) is 4.79 Å². The summed E-state index contributed by atoms with van der Waals surface area (Å²) in [5, 5.41) is 7.80. The molecule has 0 aliphatic rings. The third-order valence-corrected chi connectivity index (χ3v) is 4.29. The third-order valence-electron chi connectivity index (χ3n) is 4.29. The third kappa shape index (κ3) is 3.49. The molecule has 130 valence electrons. The van der Waals surface area contributed by atoms with Gasteiger partial charge in [0.05, 0.1) is 12.1 Å². The lowest BCUT2D eigenvalue weighted by molar-refractivity contribution is 0.0706. The first-order valence-corrected chi connectivity index (χ1v) is 8.26. The van der Waals surface area contributed by atoms with Crippen molar-refractivity contribution in [3.63, 3.8) is 0 Å². The standard InChI is InChI=1S/C19H22N4O2/c1-3-23(10-11-25-2)19(24)14-6-4-13(5-7-14)15-8-9-17-16(12-15)18(20)22-21-17/h4-9,12H,3,10-11H2,1-2H3,(H3,20,21,22). The second-order valence-corrected chi connectivity index (χ2v) is 5.82. The molecular weight excluding hydrogens is 316 g/mol. The summed E-state index contributed by atoms with van der Waals surface area (Å²) in [4.78, 5) is 14.3. The van der Waals surface area contributed by atoms with Crippen molar-refractivity contribution in [1.29, 1.82) is 0 Å². The van der Waals surface area contributed by atoms with Crippen LogP contribution < -0.4 is 5.73 Å². The zero-order valence-electron chi connectivity index (χ0n) is 14.5. The van der Waals surface area contributed by atoms with Crippen LogP contribution in [0.4, 0.5) is 5.82 Å². The first kappa shape index (κ1) is 17.0. The molecule has 0 atom stereocenters. The molecule has 0 saturated carbocycles. The predicted octanol–water partition coefficient (Wildman–Crippen LogP) is 2.92. The molecular formula is C19H22N4O2. The summed E-state index contributed by atoms with van der Waals surface area (Å²) in [5.74, 6) is 0.501. The number of nitrogens with two attached hydrogens (primary N) is 1. The number of H-pyrrole nitrogens is 1. The minimum Gasteiger partial charge on any atom is -0.383 e. The number of likely N-dealkylation sites (N-methyl/N-ethyl adjacent to an activating group) is 1. The summed E-state index contributed by atoms with van der Waals surface area (Å²) in [5.41, 5.74) is 9.51. The lowest BCUT2D eigenvalue weighted by Crippen LogP contribution is -2.33. The van der Waals surface area contributed by atoms with Crippen molar-refractivity contribution >= 4 is 22.6 Å². The molecule has 0 aliphatic heterocycles. The summed E-state index contributed by atoms with van der Waals surface area (Å²) in [6.45, 7) is 3.74. The SMILES string of the molecule is CCN(CCOC)C(=O)c1ccc(-c2ccc3[nH]nc(N)c3c2)cc1. The number of carbonyl (C=O) groups excluding carboxylic acids is 1. The number of nitrogens with one attached hydrogen (secondary N) is 1. The molecule has 1 aromatic heterocycles. The van der Waals surface area contributed by atoms with Gasteiger partial charge in [-0.3, -0.25) is 9.89 Å².